The van der Waals surface area contributed by atoms with Gasteiger partial charge in [-0.25, -0.2) is 9.07 Å². The van der Waals surface area contributed by atoms with Crippen molar-refractivity contribution in [3.05, 3.63) is 70.8 Å². The Morgan fingerprint density at radius 1 is 1.06 bits per heavy atom. The first-order valence-corrected chi connectivity index (χ1v) is 11.3. The molecular weight excluding hydrogens is 461 g/mol. The molecular formula is C23H25ClFN7O2. The average Bonchev–Trinajstić information content (AvgIpc) is 3.28. The summed E-state index contributed by atoms with van der Waals surface area (Å²) in [5.41, 5.74) is 1.81. The molecule has 178 valence electrons. The molecule has 1 aromatic heterocycles. The highest BCUT2D eigenvalue weighted by Gasteiger charge is 2.26. The largest absolute Gasteiger partial charge is 0.368 e. The molecule has 0 bridgehead atoms. The fraction of sp³-hybridized carbons (Fsp3) is 0.348. The molecule has 2 amide bonds. The number of benzene rings is 2. The highest BCUT2D eigenvalue weighted by molar-refractivity contribution is 6.30. The van der Waals surface area contributed by atoms with E-state index in [4.69, 9.17) is 11.6 Å². The van der Waals surface area contributed by atoms with E-state index in [0.717, 1.165) is 11.3 Å². The molecule has 4 rings (SSSR count). The minimum Gasteiger partial charge on any atom is -0.368 e. The fourth-order valence-corrected chi connectivity index (χ4v) is 4.04. The molecule has 1 fully saturated rings. The van der Waals surface area contributed by atoms with Gasteiger partial charge in [-0.3, -0.25) is 9.59 Å². The molecule has 1 aliphatic heterocycles. The van der Waals surface area contributed by atoms with Gasteiger partial charge in [-0.05, 0) is 59.3 Å². The molecule has 1 aliphatic rings. The molecule has 3 aromatic rings. The van der Waals surface area contributed by atoms with Gasteiger partial charge in [0.1, 0.15) is 17.7 Å². The molecule has 1 unspecified atom stereocenters. The first-order chi connectivity index (χ1) is 16.4. The summed E-state index contributed by atoms with van der Waals surface area (Å²) >= 11 is 5.96. The summed E-state index contributed by atoms with van der Waals surface area (Å²) in [6, 6.07) is 12.7. The van der Waals surface area contributed by atoms with Gasteiger partial charge in [0.05, 0.1) is 6.54 Å². The molecule has 2 heterocycles. The molecule has 34 heavy (non-hydrogen) atoms. The minimum absolute atomic E-state index is 0.124. The zero-order valence-electron chi connectivity index (χ0n) is 18.7. The van der Waals surface area contributed by atoms with Crippen LogP contribution in [0.5, 0.6) is 0 Å². The number of halogens is 2. The van der Waals surface area contributed by atoms with Crippen LogP contribution in [0.25, 0.3) is 0 Å². The van der Waals surface area contributed by atoms with Gasteiger partial charge in [0.2, 0.25) is 11.8 Å². The van der Waals surface area contributed by atoms with E-state index in [-0.39, 0.29) is 30.6 Å². The van der Waals surface area contributed by atoms with Crippen LogP contribution >= 0.6 is 11.6 Å². The Kier molecular flexibility index (Phi) is 7.36. The number of tetrazole rings is 1. The standard InChI is InChI=1S/C23H25ClFN7O2/c1-16-27-28-29-32(16)21(14-17-2-6-19(25)7-3-17)23(34)26-15-22(33)31-12-10-30(11-13-31)20-8-4-18(24)5-9-20/h2-9,21H,10-15H2,1H3,(H,26,34). The molecule has 11 heteroatoms. The Hall–Kier alpha value is -3.53. The maximum Gasteiger partial charge on any atom is 0.245 e. The van der Waals surface area contributed by atoms with Gasteiger partial charge >= 0.3 is 0 Å². The number of nitrogens with zero attached hydrogens (tertiary/aromatic N) is 6. The molecule has 1 saturated heterocycles. The van der Waals surface area contributed by atoms with Crippen molar-refractivity contribution in [3.8, 4) is 0 Å². The number of amides is 2. The number of anilines is 1. The molecule has 1 atom stereocenters. The van der Waals surface area contributed by atoms with Crippen LogP contribution in [0.1, 0.15) is 17.4 Å². The van der Waals surface area contributed by atoms with E-state index in [1.807, 2.05) is 24.3 Å². The molecule has 0 radical (unpaired) electrons. The first-order valence-electron chi connectivity index (χ1n) is 11.0. The molecule has 1 N–H and O–H groups in total. The van der Waals surface area contributed by atoms with E-state index in [2.05, 4.69) is 25.7 Å². The van der Waals surface area contributed by atoms with E-state index in [9.17, 15) is 14.0 Å². The smallest absolute Gasteiger partial charge is 0.245 e. The third kappa shape index (κ3) is 5.69. The van der Waals surface area contributed by atoms with Crippen LogP contribution in [0.2, 0.25) is 5.02 Å². The summed E-state index contributed by atoms with van der Waals surface area (Å²) in [4.78, 5) is 29.7. The van der Waals surface area contributed by atoms with Gasteiger partial charge < -0.3 is 15.1 Å². The Labute approximate surface area is 201 Å². The number of carbonyl (C=O) groups is 2. The first kappa shape index (κ1) is 23.6. The van der Waals surface area contributed by atoms with E-state index < -0.39 is 6.04 Å². The summed E-state index contributed by atoms with van der Waals surface area (Å²) in [5, 5.41) is 14.8. The third-order valence-corrected chi connectivity index (χ3v) is 6.09. The topological polar surface area (TPSA) is 96.2 Å². The van der Waals surface area contributed by atoms with Crippen LogP contribution < -0.4 is 10.2 Å². The molecule has 2 aromatic carbocycles. The second-order valence-corrected chi connectivity index (χ2v) is 8.52. The summed E-state index contributed by atoms with van der Waals surface area (Å²) in [5.74, 6) is -0.428. The third-order valence-electron chi connectivity index (χ3n) is 5.84. The van der Waals surface area contributed by atoms with Crippen LogP contribution in [0, 0.1) is 12.7 Å². The van der Waals surface area contributed by atoms with Gasteiger partial charge in [-0.2, -0.15) is 0 Å². The number of hydrogen-bond donors (Lipinski definition) is 1. The Bertz CT molecular complexity index is 1130. The molecule has 9 nitrogen and oxygen atoms in total. The highest BCUT2D eigenvalue weighted by atomic mass is 35.5. The van der Waals surface area contributed by atoms with E-state index in [0.29, 0.717) is 37.0 Å². The normalized spacial score (nSPS) is 14.7. The Morgan fingerprint density at radius 3 is 2.35 bits per heavy atom. The van der Waals surface area contributed by atoms with Crippen molar-refractivity contribution in [1.29, 1.82) is 0 Å². The van der Waals surface area contributed by atoms with Crippen molar-refractivity contribution in [2.75, 3.05) is 37.6 Å². The van der Waals surface area contributed by atoms with Gasteiger partial charge in [0, 0.05) is 43.3 Å². The molecule has 0 aliphatic carbocycles. The van der Waals surface area contributed by atoms with Crippen LogP contribution in [0.3, 0.4) is 0 Å². The number of rotatable bonds is 7. The predicted octanol–water partition coefficient (Wildman–Crippen LogP) is 2.02. The zero-order valence-corrected chi connectivity index (χ0v) is 19.5. The van der Waals surface area contributed by atoms with Crippen molar-refractivity contribution < 1.29 is 14.0 Å². The quantitative estimate of drug-likeness (QED) is 0.550. The summed E-state index contributed by atoms with van der Waals surface area (Å²) in [6.45, 7) is 4.07. The number of hydrogen-bond acceptors (Lipinski definition) is 6. The fourth-order valence-electron chi connectivity index (χ4n) is 3.92. The van der Waals surface area contributed by atoms with Gasteiger partial charge in [0.15, 0.2) is 0 Å². The van der Waals surface area contributed by atoms with Crippen LogP contribution in [0.4, 0.5) is 10.1 Å². The lowest BCUT2D eigenvalue weighted by Gasteiger charge is -2.36. The number of carbonyl (C=O) groups excluding carboxylic acids is 2. The van der Waals surface area contributed by atoms with Crippen LogP contribution in [0.15, 0.2) is 48.5 Å². The van der Waals surface area contributed by atoms with E-state index in [1.54, 1.807) is 24.0 Å². The second kappa shape index (κ2) is 10.6. The monoisotopic (exact) mass is 485 g/mol. The highest BCUT2D eigenvalue weighted by Crippen LogP contribution is 2.20. The van der Waals surface area contributed by atoms with Gasteiger partial charge in [-0.1, -0.05) is 23.7 Å². The molecule has 0 spiro atoms. The number of nitrogens with one attached hydrogen (secondary N) is 1. The van der Waals surface area contributed by atoms with Crippen LogP contribution in [-0.2, 0) is 16.0 Å². The van der Waals surface area contributed by atoms with E-state index >= 15 is 0 Å². The van der Waals surface area contributed by atoms with Crippen molar-refractivity contribution in [2.24, 2.45) is 0 Å². The summed E-state index contributed by atoms with van der Waals surface area (Å²) < 4.78 is 14.7. The van der Waals surface area contributed by atoms with E-state index in [1.165, 1.54) is 16.8 Å². The maximum atomic E-state index is 13.3. The number of aromatic nitrogens is 4. The van der Waals surface area contributed by atoms with Crippen molar-refractivity contribution in [3.63, 3.8) is 0 Å². The van der Waals surface area contributed by atoms with Crippen LogP contribution in [-0.4, -0.2) is 69.6 Å². The average molecular weight is 486 g/mol. The zero-order chi connectivity index (χ0) is 24.1. The van der Waals surface area contributed by atoms with Crippen molar-refractivity contribution in [2.45, 2.75) is 19.4 Å². The maximum absolute atomic E-state index is 13.3. The second-order valence-electron chi connectivity index (χ2n) is 8.08. The summed E-state index contributed by atoms with van der Waals surface area (Å²) in [6.07, 6.45) is 0.256. The van der Waals surface area contributed by atoms with Crippen molar-refractivity contribution >= 4 is 29.1 Å². The lowest BCUT2D eigenvalue weighted by molar-refractivity contribution is -0.134. The number of piperazine rings is 1. The lowest BCUT2D eigenvalue weighted by atomic mass is 10.1. The SMILES string of the molecule is Cc1nnnn1C(Cc1ccc(F)cc1)C(=O)NCC(=O)N1CCN(c2ccc(Cl)cc2)CC1. The van der Waals surface area contributed by atoms with Crippen molar-refractivity contribution in [1.82, 2.24) is 30.4 Å². The lowest BCUT2D eigenvalue weighted by Crippen LogP contribution is -2.51. The van der Waals surface area contributed by atoms with Gasteiger partial charge in [-0.15, -0.1) is 5.10 Å². The van der Waals surface area contributed by atoms with Gasteiger partial charge in [0.25, 0.3) is 0 Å². The summed E-state index contributed by atoms with van der Waals surface area (Å²) in [7, 11) is 0. The minimum atomic E-state index is -0.769. The Balaban J connectivity index is 1.34. The Morgan fingerprint density at radius 2 is 1.74 bits per heavy atom. The predicted molar refractivity (Wildman–Crippen MR) is 125 cm³/mol. The number of aryl methyl sites for hydroxylation is 1. The molecule has 0 saturated carbocycles.